The van der Waals surface area contributed by atoms with E-state index in [1.165, 1.54) is 4.88 Å². The summed E-state index contributed by atoms with van der Waals surface area (Å²) in [6, 6.07) is 9.84. The summed E-state index contributed by atoms with van der Waals surface area (Å²) in [6.07, 6.45) is 1.94. The van der Waals surface area contributed by atoms with E-state index in [4.69, 9.17) is 30.9 Å². The van der Waals surface area contributed by atoms with E-state index in [2.05, 4.69) is 15.6 Å². The van der Waals surface area contributed by atoms with Crippen LogP contribution in [0.25, 0.3) is 0 Å². The van der Waals surface area contributed by atoms with Gasteiger partial charge in [0.2, 0.25) is 0 Å². The van der Waals surface area contributed by atoms with E-state index in [-0.39, 0.29) is 11.0 Å². The average Bonchev–Trinajstić information content (AvgIpc) is 2.73. The smallest absolute Gasteiger partial charge is 0.338 e. The molecule has 1 aromatic carbocycles. The van der Waals surface area contributed by atoms with Crippen LogP contribution in [0, 0.1) is 17.2 Å². The molecule has 2 rings (SSSR count). The summed E-state index contributed by atoms with van der Waals surface area (Å²) in [5.74, 6) is 0. The Bertz CT molecular complexity index is 573. The Kier molecular flexibility index (Phi) is 11.6. The van der Waals surface area contributed by atoms with Gasteiger partial charge in [-0.25, -0.2) is 28.9 Å². The van der Waals surface area contributed by atoms with Gasteiger partial charge in [-0.1, -0.05) is 29.5 Å². The molecule has 0 saturated heterocycles. The summed E-state index contributed by atoms with van der Waals surface area (Å²) in [6.45, 7) is 2.04. The summed E-state index contributed by atoms with van der Waals surface area (Å²) in [7, 11) is -4.94. The third-order valence-electron chi connectivity index (χ3n) is 1.93. The molecule has 9 nitrogen and oxygen atoms in total. The van der Waals surface area contributed by atoms with Crippen molar-refractivity contribution in [3.05, 3.63) is 41.4 Å². The quantitative estimate of drug-likeness (QED) is 0.495. The van der Waals surface area contributed by atoms with E-state index in [0.717, 1.165) is 10.8 Å². The van der Waals surface area contributed by atoms with Crippen LogP contribution in [0.2, 0.25) is 0 Å². The van der Waals surface area contributed by atoms with E-state index in [9.17, 15) is 0 Å². The number of anilines is 2. The molecule has 0 fully saturated rings. The maximum Gasteiger partial charge on any atom is 0.338 e. The molecule has 1 heterocycles. The first-order valence-corrected chi connectivity index (χ1v) is 7.93. The maximum absolute atomic E-state index is 8.49. The van der Waals surface area contributed by atoms with E-state index in [1.54, 1.807) is 11.3 Å². The Labute approximate surface area is 143 Å². The molecular weight excluding hydrogens is 370 g/mol. The van der Waals surface area contributed by atoms with Crippen LogP contribution in [0.3, 0.4) is 0 Å². The fraction of sp³-hybridized carbons (Fsp3) is 0.0909. The molecule has 0 aliphatic heterocycles. The summed E-state index contributed by atoms with van der Waals surface area (Å²) in [5, 5.41) is 7.72. The summed E-state index contributed by atoms with van der Waals surface area (Å²) in [4.78, 5) is 4.31. The number of nitrogens with one attached hydrogen (secondary N) is 3. The van der Waals surface area contributed by atoms with Crippen molar-refractivity contribution in [1.82, 2.24) is 0 Å². The number of halogens is 1. The van der Waals surface area contributed by atoms with Gasteiger partial charge in [0.05, 0.1) is 0 Å². The molecule has 0 atom stereocenters. The molecule has 0 bridgehead atoms. The number of aromatic nitrogens is 1. The first-order valence-electron chi connectivity index (χ1n) is 5.47. The van der Waals surface area contributed by atoms with E-state index < -0.39 is 10.2 Å². The highest BCUT2D eigenvalue weighted by Crippen LogP contribution is 2.13. The van der Waals surface area contributed by atoms with E-state index >= 15 is 0 Å². The number of thiazole rings is 1. The molecule has 0 saturated carbocycles. The Morgan fingerprint density at radius 3 is 2.04 bits per heavy atom. The number of thiocarbonyl (C=S) groups is 1. The zero-order valence-electron chi connectivity index (χ0n) is 11.8. The minimum Gasteiger partial charge on any atom is -0.412 e. The molecule has 130 valence electrons. The van der Waals surface area contributed by atoms with E-state index in [0.29, 0.717) is 5.11 Å². The largest absolute Gasteiger partial charge is 0.412 e. The predicted octanol–water partition coefficient (Wildman–Crippen LogP) is -3.73. The average molecular weight is 386 g/mol. The number of aryl methyl sites for hydroxylation is 1. The third kappa shape index (κ3) is 12.8. The molecule has 0 amide bonds. The van der Waals surface area contributed by atoms with Crippen LogP contribution < -0.4 is 34.3 Å². The molecule has 0 aliphatic carbocycles. The van der Waals surface area contributed by atoms with Gasteiger partial charge in [-0.3, -0.25) is 0 Å². The molecule has 1 aromatic heterocycles. The van der Waals surface area contributed by atoms with Gasteiger partial charge in [0.25, 0.3) is 5.11 Å². The number of benzene rings is 1. The fourth-order valence-electron chi connectivity index (χ4n) is 1.24. The van der Waals surface area contributed by atoms with Crippen molar-refractivity contribution in [2.75, 3.05) is 10.6 Å². The van der Waals surface area contributed by atoms with Crippen LogP contribution in [0.5, 0.6) is 0 Å². The zero-order chi connectivity index (χ0) is 15.9. The first-order chi connectivity index (χ1) is 9.74. The van der Waals surface area contributed by atoms with Crippen molar-refractivity contribution in [2.45, 2.75) is 6.92 Å². The van der Waals surface area contributed by atoms with Crippen molar-refractivity contribution >= 4 is 39.5 Å². The summed E-state index contributed by atoms with van der Waals surface area (Å²) >= 11 is 6.82. The molecule has 0 radical (unpaired) electrons. The summed E-state index contributed by atoms with van der Waals surface area (Å²) < 4.78 is 34.0. The molecular formula is C11H16ClN3O6S2. The monoisotopic (exact) mass is 385 g/mol. The van der Waals surface area contributed by atoms with Crippen LogP contribution in [0.15, 0.2) is 36.5 Å². The number of H-pyrrole nitrogens is 1. The fourth-order valence-corrected chi connectivity index (χ4v) is 2.23. The minimum atomic E-state index is -4.94. The topological polar surface area (TPSA) is 193 Å². The summed E-state index contributed by atoms with van der Waals surface area (Å²) in [5.41, 5.74) is 0.980. The van der Waals surface area contributed by atoms with Crippen molar-refractivity contribution in [3.63, 3.8) is 0 Å². The highest BCUT2D eigenvalue weighted by molar-refractivity contribution is 7.80. The van der Waals surface area contributed by atoms with Crippen LogP contribution >= 0.6 is 23.6 Å². The van der Waals surface area contributed by atoms with Crippen molar-refractivity contribution < 1.29 is 44.8 Å². The number of hydrogen-bond acceptors (Lipinski definition) is 6. The normalized spacial score (nSPS) is 9.43. The van der Waals surface area contributed by atoms with Crippen molar-refractivity contribution in [3.8, 4) is 0 Å². The molecule has 12 heteroatoms. The molecule has 0 aliphatic rings. The standard InChI is InChI=1S/C11H11N3S2.ClHO4.2H2O/c1-8-7-12-11(16-8)14-10(15)13-9-5-3-2-4-6-9;2-1(3,4)5;;/h2-7H,1H3,(H2,12,13,14,15);(H,2,3,4,5);2*1H2. The van der Waals surface area contributed by atoms with Gasteiger partial charge in [-0.15, -0.1) is 10.2 Å². The van der Waals surface area contributed by atoms with Gasteiger partial charge in [-0.05, 0) is 31.3 Å². The first kappa shape index (κ1) is 23.9. The molecule has 7 N–H and O–H groups in total. The lowest BCUT2D eigenvalue weighted by atomic mass is 10.3. The predicted molar refractivity (Wildman–Crippen MR) is 79.1 cm³/mol. The second-order valence-electron chi connectivity index (χ2n) is 3.65. The highest BCUT2D eigenvalue weighted by atomic mass is 35.7. The van der Waals surface area contributed by atoms with Gasteiger partial charge in [0.1, 0.15) is 6.20 Å². The van der Waals surface area contributed by atoms with Crippen molar-refractivity contribution in [1.29, 1.82) is 0 Å². The van der Waals surface area contributed by atoms with Crippen LogP contribution in [-0.2, 0) is 0 Å². The number of para-hydroxylation sites is 1. The highest BCUT2D eigenvalue weighted by Gasteiger charge is 2.08. The maximum atomic E-state index is 8.49. The molecule has 2 aromatic rings. The van der Waals surface area contributed by atoms with E-state index in [1.807, 2.05) is 43.5 Å². The lowest BCUT2D eigenvalue weighted by Gasteiger charge is -2.17. The lowest BCUT2D eigenvalue weighted by molar-refractivity contribution is -2.00. The molecule has 0 spiro atoms. The van der Waals surface area contributed by atoms with Gasteiger partial charge < -0.3 is 16.3 Å². The van der Waals surface area contributed by atoms with Gasteiger partial charge in [0, 0.05) is 10.6 Å². The van der Waals surface area contributed by atoms with Crippen LogP contribution in [0.4, 0.5) is 10.8 Å². The van der Waals surface area contributed by atoms with Crippen molar-refractivity contribution in [2.24, 2.45) is 0 Å². The molecule has 0 unspecified atom stereocenters. The van der Waals surface area contributed by atoms with Crippen LogP contribution in [-0.4, -0.2) is 16.1 Å². The second-order valence-corrected chi connectivity index (χ2v) is 6.07. The number of hydrogen-bond donors (Lipinski definition) is 2. The minimum absolute atomic E-state index is 0. The zero-order valence-corrected chi connectivity index (χ0v) is 14.2. The Hall–Kier alpha value is -1.41. The third-order valence-corrected chi connectivity index (χ3v) is 3.00. The van der Waals surface area contributed by atoms with Gasteiger partial charge >= 0.3 is 5.13 Å². The Morgan fingerprint density at radius 2 is 1.61 bits per heavy atom. The van der Waals surface area contributed by atoms with Gasteiger partial charge in [-0.2, -0.15) is 0 Å². The molecule has 23 heavy (non-hydrogen) atoms. The van der Waals surface area contributed by atoms with Gasteiger partial charge in [0.15, 0.2) is 0 Å². The Morgan fingerprint density at radius 1 is 1.09 bits per heavy atom. The second kappa shape index (κ2) is 11.2. The number of aromatic amines is 1. The number of rotatable bonds is 2. The Balaban J connectivity index is 0. The lowest BCUT2D eigenvalue weighted by Crippen LogP contribution is -2.68. The SMILES string of the molecule is Cc1c[nH+]c(NC(=S)Nc2ccccc2)s1.O.O.[O-][Cl+3]([O-])([O-])[O-]. The van der Waals surface area contributed by atoms with Crippen LogP contribution in [0.1, 0.15) is 4.88 Å².